The number of nitrogens with one attached hydrogen (secondary N) is 1. The lowest BCUT2D eigenvalue weighted by molar-refractivity contribution is -0.139. The Balaban J connectivity index is 1.66. The van der Waals surface area contributed by atoms with Gasteiger partial charge in [-0.15, -0.1) is 11.3 Å². The number of hydrogen-bond acceptors (Lipinski definition) is 5. The van der Waals surface area contributed by atoms with Gasteiger partial charge in [-0.3, -0.25) is 24.6 Å². The molecule has 1 fully saturated rings. The zero-order valence-corrected chi connectivity index (χ0v) is 14.3. The Hall–Kier alpha value is -2.54. The van der Waals surface area contributed by atoms with Crippen molar-refractivity contribution in [3.8, 4) is 0 Å². The summed E-state index contributed by atoms with van der Waals surface area (Å²) in [5.74, 6) is -0.517. The van der Waals surface area contributed by atoms with Gasteiger partial charge in [0.25, 0.3) is 5.91 Å². The van der Waals surface area contributed by atoms with Gasteiger partial charge < -0.3 is 0 Å². The van der Waals surface area contributed by atoms with Crippen molar-refractivity contribution in [2.24, 2.45) is 0 Å². The number of carbonyl (C=O) groups is 3. The molecule has 1 aliphatic rings. The number of nitrogens with zero attached hydrogens (tertiary/aromatic N) is 2. The molecule has 0 bridgehead atoms. The molecule has 2 aromatic rings. The molecule has 24 heavy (non-hydrogen) atoms. The maximum atomic E-state index is 12.2. The van der Waals surface area contributed by atoms with Crippen LogP contribution in [0, 0.1) is 13.8 Å². The molecule has 1 aromatic heterocycles. The number of carbonyl (C=O) groups excluding carboxylic acids is 3. The maximum absolute atomic E-state index is 12.2. The first-order chi connectivity index (χ1) is 11.4. The Morgan fingerprint density at radius 2 is 1.79 bits per heavy atom. The molecular weight excluding hydrogens is 326 g/mol. The number of anilines is 1. The molecule has 0 aliphatic carbocycles. The van der Waals surface area contributed by atoms with E-state index in [1.54, 1.807) is 24.3 Å². The first kappa shape index (κ1) is 16.3. The Kier molecular flexibility index (Phi) is 4.44. The Morgan fingerprint density at radius 1 is 1.17 bits per heavy atom. The Labute approximate surface area is 143 Å². The lowest BCUT2D eigenvalue weighted by Crippen LogP contribution is -2.28. The number of likely N-dealkylation sites (tertiary alicyclic amines) is 1. The summed E-state index contributed by atoms with van der Waals surface area (Å²) in [5, 5.41) is 3.35. The van der Waals surface area contributed by atoms with Gasteiger partial charge in [0.1, 0.15) is 0 Å². The molecule has 3 amide bonds. The molecule has 7 heteroatoms. The smallest absolute Gasteiger partial charge is 0.257 e. The minimum atomic E-state index is -0.233. The minimum absolute atomic E-state index is 0.142. The highest BCUT2D eigenvalue weighted by Gasteiger charge is 2.28. The van der Waals surface area contributed by atoms with Gasteiger partial charge in [0.05, 0.1) is 12.2 Å². The second-order valence-electron chi connectivity index (χ2n) is 5.69. The van der Waals surface area contributed by atoms with Crippen LogP contribution in [0.4, 0.5) is 5.13 Å². The fourth-order valence-electron chi connectivity index (χ4n) is 2.44. The lowest BCUT2D eigenvalue weighted by Gasteiger charge is -2.13. The van der Waals surface area contributed by atoms with Crippen molar-refractivity contribution < 1.29 is 14.4 Å². The van der Waals surface area contributed by atoms with E-state index in [2.05, 4.69) is 10.3 Å². The van der Waals surface area contributed by atoms with E-state index < -0.39 is 0 Å². The highest BCUT2D eigenvalue weighted by atomic mass is 32.1. The van der Waals surface area contributed by atoms with E-state index >= 15 is 0 Å². The monoisotopic (exact) mass is 343 g/mol. The Bertz CT molecular complexity index is 775. The highest BCUT2D eigenvalue weighted by molar-refractivity contribution is 7.15. The summed E-state index contributed by atoms with van der Waals surface area (Å²) in [6, 6.07) is 6.88. The van der Waals surface area contributed by atoms with Gasteiger partial charge in [-0.1, -0.05) is 12.1 Å². The molecule has 0 saturated carbocycles. The molecule has 1 N–H and O–H groups in total. The molecule has 2 heterocycles. The summed E-state index contributed by atoms with van der Waals surface area (Å²) >= 11 is 1.44. The van der Waals surface area contributed by atoms with Crippen molar-refractivity contribution in [1.29, 1.82) is 0 Å². The van der Waals surface area contributed by atoms with Crippen LogP contribution in [-0.2, 0) is 16.1 Å². The molecule has 0 unspecified atom stereocenters. The quantitative estimate of drug-likeness (QED) is 0.866. The SMILES string of the molecule is Cc1nc(NC(=O)c2ccc(CN3C(=O)CCC3=O)cc2)sc1C. The first-order valence-electron chi connectivity index (χ1n) is 7.61. The molecule has 0 spiro atoms. The average molecular weight is 343 g/mol. The zero-order valence-electron chi connectivity index (χ0n) is 13.5. The Morgan fingerprint density at radius 3 is 2.33 bits per heavy atom. The molecule has 1 aromatic carbocycles. The third kappa shape index (κ3) is 3.35. The van der Waals surface area contributed by atoms with Crippen molar-refractivity contribution in [1.82, 2.24) is 9.88 Å². The van der Waals surface area contributed by atoms with Gasteiger partial charge in [0.2, 0.25) is 11.8 Å². The van der Waals surface area contributed by atoms with Crippen LogP contribution in [0.15, 0.2) is 24.3 Å². The molecular formula is C17H17N3O3S. The van der Waals surface area contributed by atoms with E-state index in [0.29, 0.717) is 10.7 Å². The second kappa shape index (κ2) is 6.52. The fourth-order valence-corrected chi connectivity index (χ4v) is 3.25. The average Bonchev–Trinajstić information content (AvgIpc) is 3.03. The van der Waals surface area contributed by atoms with Gasteiger partial charge in [-0.05, 0) is 31.5 Å². The van der Waals surface area contributed by atoms with Gasteiger partial charge >= 0.3 is 0 Å². The predicted octanol–water partition coefficient (Wildman–Crippen LogP) is 2.66. The molecule has 6 nitrogen and oxygen atoms in total. The second-order valence-corrected chi connectivity index (χ2v) is 6.89. The number of thiazole rings is 1. The number of imide groups is 1. The number of rotatable bonds is 4. The van der Waals surface area contributed by atoms with Crippen LogP contribution in [0.1, 0.15) is 39.3 Å². The summed E-state index contributed by atoms with van der Waals surface area (Å²) < 4.78 is 0. The van der Waals surface area contributed by atoms with Crippen molar-refractivity contribution >= 4 is 34.2 Å². The van der Waals surface area contributed by atoms with Gasteiger partial charge in [-0.2, -0.15) is 0 Å². The molecule has 1 aliphatic heterocycles. The van der Waals surface area contributed by atoms with E-state index in [-0.39, 0.29) is 37.1 Å². The van der Waals surface area contributed by atoms with Gasteiger partial charge in [-0.25, -0.2) is 4.98 Å². The van der Waals surface area contributed by atoms with Gasteiger partial charge in [0.15, 0.2) is 5.13 Å². The molecule has 0 radical (unpaired) electrons. The topological polar surface area (TPSA) is 79.4 Å². The summed E-state index contributed by atoms with van der Waals surface area (Å²) in [5.41, 5.74) is 2.23. The standard InChI is InChI=1S/C17H17N3O3S/c1-10-11(2)24-17(18-10)19-16(23)13-5-3-12(4-6-13)9-20-14(21)7-8-15(20)22/h3-6H,7-9H2,1-2H3,(H,18,19,23). The normalized spacial score (nSPS) is 14.3. The van der Waals surface area contributed by atoms with Crippen LogP contribution in [0.2, 0.25) is 0 Å². The van der Waals surface area contributed by atoms with E-state index in [0.717, 1.165) is 16.1 Å². The van der Waals surface area contributed by atoms with E-state index in [1.165, 1.54) is 16.2 Å². The van der Waals surface area contributed by atoms with E-state index in [4.69, 9.17) is 0 Å². The number of aryl methyl sites for hydroxylation is 2. The van der Waals surface area contributed by atoms with Crippen molar-refractivity contribution in [2.45, 2.75) is 33.2 Å². The summed E-state index contributed by atoms with van der Waals surface area (Å²) in [4.78, 5) is 42.1. The van der Waals surface area contributed by atoms with Crippen LogP contribution in [-0.4, -0.2) is 27.6 Å². The molecule has 3 rings (SSSR count). The number of hydrogen-bond donors (Lipinski definition) is 1. The highest BCUT2D eigenvalue weighted by Crippen LogP contribution is 2.22. The van der Waals surface area contributed by atoms with E-state index in [9.17, 15) is 14.4 Å². The first-order valence-corrected chi connectivity index (χ1v) is 8.43. The maximum Gasteiger partial charge on any atom is 0.257 e. The van der Waals surface area contributed by atoms with Crippen molar-refractivity contribution in [3.63, 3.8) is 0 Å². The molecule has 0 atom stereocenters. The zero-order chi connectivity index (χ0) is 17.3. The fraction of sp³-hybridized carbons (Fsp3) is 0.294. The predicted molar refractivity (Wildman–Crippen MR) is 90.8 cm³/mol. The largest absolute Gasteiger partial charge is 0.298 e. The van der Waals surface area contributed by atoms with Gasteiger partial charge in [0, 0.05) is 23.3 Å². The number of amides is 3. The van der Waals surface area contributed by atoms with Crippen molar-refractivity contribution in [2.75, 3.05) is 5.32 Å². The lowest BCUT2D eigenvalue weighted by atomic mass is 10.1. The third-order valence-electron chi connectivity index (χ3n) is 3.96. The third-order valence-corrected chi connectivity index (χ3v) is 4.95. The van der Waals surface area contributed by atoms with Crippen LogP contribution in [0.25, 0.3) is 0 Å². The van der Waals surface area contributed by atoms with Crippen LogP contribution in [0.5, 0.6) is 0 Å². The molecule has 124 valence electrons. The van der Waals surface area contributed by atoms with Crippen LogP contribution < -0.4 is 5.32 Å². The number of benzene rings is 1. The summed E-state index contributed by atoms with van der Waals surface area (Å²) in [7, 11) is 0. The molecule has 1 saturated heterocycles. The van der Waals surface area contributed by atoms with Crippen LogP contribution >= 0.6 is 11.3 Å². The van der Waals surface area contributed by atoms with E-state index in [1.807, 2.05) is 13.8 Å². The summed E-state index contributed by atoms with van der Waals surface area (Å²) in [6.45, 7) is 4.11. The summed E-state index contributed by atoms with van der Waals surface area (Å²) in [6.07, 6.45) is 0.567. The van der Waals surface area contributed by atoms with Crippen molar-refractivity contribution in [3.05, 3.63) is 46.0 Å². The minimum Gasteiger partial charge on any atom is -0.298 e. The number of aromatic nitrogens is 1. The van der Waals surface area contributed by atoms with Crippen LogP contribution in [0.3, 0.4) is 0 Å².